The monoisotopic (exact) mass is 370 g/mol. The fourth-order valence-electron chi connectivity index (χ4n) is 2.53. The van der Waals surface area contributed by atoms with Gasteiger partial charge < -0.3 is 0 Å². The van der Waals surface area contributed by atoms with Crippen molar-refractivity contribution in [1.29, 1.82) is 0 Å². The zero-order valence-corrected chi connectivity index (χ0v) is 14.7. The van der Waals surface area contributed by atoms with Crippen molar-refractivity contribution in [2.45, 2.75) is 6.92 Å². The van der Waals surface area contributed by atoms with Crippen molar-refractivity contribution in [1.82, 2.24) is 20.0 Å². The van der Waals surface area contributed by atoms with E-state index in [2.05, 4.69) is 15.3 Å². The van der Waals surface area contributed by atoms with Gasteiger partial charge in [-0.1, -0.05) is 35.0 Å². The molecule has 25 heavy (non-hydrogen) atoms. The third kappa shape index (κ3) is 2.94. The highest BCUT2D eigenvalue weighted by atomic mass is 35.5. The minimum atomic E-state index is -0.286. The van der Waals surface area contributed by atoms with Crippen LogP contribution < -0.4 is 0 Å². The number of nitrogens with zero attached hydrogens (tertiary/aromatic N) is 4. The summed E-state index contributed by atoms with van der Waals surface area (Å²) < 4.78 is 14.8. The van der Waals surface area contributed by atoms with E-state index in [0.29, 0.717) is 10.7 Å². The Morgan fingerprint density at radius 1 is 1.08 bits per heavy atom. The first kappa shape index (κ1) is 15.9. The first-order valence-corrected chi connectivity index (χ1v) is 8.78. The second kappa shape index (κ2) is 6.38. The Bertz CT molecular complexity index is 1040. The first-order chi connectivity index (χ1) is 12.1. The largest absolute Gasteiger partial charge is 0.234 e. The summed E-state index contributed by atoms with van der Waals surface area (Å²) >= 11 is 7.73. The van der Waals surface area contributed by atoms with Crippen LogP contribution in [0, 0.1) is 12.7 Å². The van der Waals surface area contributed by atoms with Gasteiger partial charge in [0, 0.05) is 16.0 Å². The second-order valence-corrected chi connectivity index (χ2v) is 6.69. The first-order valence-electron chi connectivity index (χ1n) is 7.52. The number of hydrogen-bond acceptors (Lipinski definition) is 4. The summed E-state index contributed by atoms with van der Waals surface area (Å²) in [6.07, 6.45) is 0. The quantitative estimate of drug-likeness (QED) is 0.500. The lowest BCUT2D eigenvalue weighted by molar-refractivity contribution is 0.626. The van der Waals surface area contributed by atoms with E-state index in [-0.39, 0.29) is 5.82 Å². The molecule has 2 heterocycles. The Labute approximate surface area is 152 Å². The standard InChI is InChI=1S/C18H12ClFN4S/c1-11-17(22-23-24(11)13-8-6-12(20)7-9-13)18-21-16(10-25-18)14-4-2-3-5-15(14)19/h2-10H,1H3. The lowest BCUT2D eigenvalue weighted by atomic mass is 10.2. The van der Waals surface area contributed by atoms with Crippen molar-refractivity contribution < 1.29 is 4.39 Å². The maximum Gasteiger partial charge on any atom is 0.146 e. The molecule has 0 atom stereocenters. The van der Waals surface area contributed by atoms with E-state index in [1.165, 1.54) is 23.5 Å². The van der Waals surface area contributed by atoms with Gasteiger partial charge in [0.25, 0.3) is 0 Å². The summed E-state index contributed by atoms with van der Waals surface area (Å²) in [5, 5.41) is 11.8. The second-order valence-electron chi connectivity index (χ2n) is 5.43. The number of benzene rings is 2. The molecular formula is C18H12ClFN4S. The van der Waals surface area contributed by atoms with Gasteiger partial charge in [-0.05, 0) is 37.3 Å². The molecule has 0 aliphatic rings. The summed E-state index contributed by atoms with van der Waals surface area (Å²) in [6, 6.07) is 13.7. The predicted molar refractivity (Wildman–Crippen MR) is 97.6 cm³/mol. The normalized spacial score (nSPS) is 11.0. The average molecular weight is 371 g/mol. The molecule has 0 spiro atoms. The average Bonchev–Trinajstić information content (AvgIpc) is 3.23. The summed E-state index contributed by atoms with van der Waals surface area (Å²) in [7, 11) is 0. The molecule has 0 bridgehead atoms. The Morgan fingerprint density at radius 2 is 1.84 bits per heavy atom. The summed E-state index contributed by atoms with van der Waals surface area (Å²) in [5.41, 5.74) is 3.98. The van der Waals surface area contributed by atoms with Crippen LogP contribution in [-0.4, -0.2) is 20.0 Å². The molecular weight excluding hydrogens is 359 g/mol. The van der Waals surface area contributed by atoms with Gasteiger partial charge in [0.05, 0.1) is 17.1 Å². The van der Waals surface area contributed by atoms with Crippen LogP contribution in [-0.2, 0) is 0 Å². The third-order valence-electron chi connectivity index (χ3n) is 3.82. The fraction of sp³-hybridized carbons (Fsp3) is 0.0556. The van der Waals surface area contributed by atoms with Crippen molar-refractivity contribution in [2.75, 3.05) is 0 Å². The van der Waals surface area contributed by atoms with E-state index in [9.17, 15) is 4.39 Å². The maximum absolute atomic E-state index is 13.1. The molecule has 7 heteroatoms. The van der Waals surface area contributed by atoms with E-state index in [0.717, 1.165) is 27.6 Å². The van der Waals surface area contributed by atoms with E-state index in [4.69, 9.17) is 11.6 Å². The van der Waals surface area contributed by atoms with E-state index in [1.54, 1.807) is 16.8 Å². The van der Waals surface area contributed by atoms with Gasteiger partial charge in [0.1, 0.15) is 16.5 Å². The number of aromatic nitrogens is 4. The summed E-state index contributed by atoms with van der Waals surface area (Å²) in [5.74, 6) is -0.286. The van der Waals surface area contributed by atoms with Gasteiger partial charge in [-0.15, -0.1) is 16.4 Å². The van der Waals surface area contributed by atoms with Crippen molar-refractivity contribution in [3.8, 4) is 27.6 Å². The van der Waals surface area contributed by atoms with Gasteiger partial charge >= 0.3 is 0 Å². The summed E-state index contributed by atoms with van der Waals surface area (Å²) in [6.45, 7) is 1.91. The minimum Gasteiger partial charge on any atom is -0.234 e. The molecule has 0 aliphatic carbocycles. The molecule has 4 aromatic rings. The van der Waals surface area contributed by atoms with Crippen LogP contribution in [0.5, 0.6) is 0 Å². The highest BCUT2D eigenvalue weighted by Gasteiger charge is 2.16. The number of hydrogen-bond donors (Lipinski definition) is 0. The predicted octanol–water partition coefficient (Wildman–Crippen LogP) is 5.16. The number of rotatable bonds is 3. The highest BCUT2D eigenvalue weighted by molar-refractivity contribution is 7.13. The molecule has 0 fully saturated rings. The van der Waals surface area contributed by atoms with Crippen LogP contribution in [0.2, 0.25) is 5.02 Å². The molecule has 124 valence electrons. The zero-order chi connectivity index (χ0) is 17.4. The molecule has 4 rings (SSSR count). The van der Waals surface area contributed by atoms with Crippen LogP contribution in [0.4, 0.5) is 4.39 Å². The van der Waals surface area contributed by atoms with Gasteiger partial charge in [-0.2, -0.15) is 0 Å². The highest BCUT2D eigenvalue weighted by Crippen LogP contribution is 2.33. The third-order valence-corrected chi connectivity index (χ3v) is 5.00. The van der Waals surface area contributed by atoms with Gasteiger partial charge in [0.2, 0.25) is 0 Å². The molecule has 0 amide bonds. The van der Waals surface area contributed by atoms with Gasteiger partial charge in [-0.25, -0.2) is 14.1 Å². The zero-order valence-electron chi connectivity index (χ0n) is 13.1. The maximum atomic E-state index is 13.1. The molecule has 2 aromatic heterocycles. The Morgan fingerprint density at radius 3 is 2.60 bits per heavy atom. The van der Waals surface area contributed by atoms with Crippen molar-refractivity contribution in [3.63, 3.8) is 0 Å². The fourth-order valence-corrected chi connectivity index (χ4v) is 3.62. The lowest BCUT2D eigenvalue weighted by Crippen LogP contribution is -1.99. The molecule has 4 nitrogen and oxygen atoms in total. The van der Waals surface area contributed by atoms with E-state index in [1.807, 2.05) is 36.6 Å². The summed E-state index contributed by atoms with van der Waals surface area (Å²) in [4.78, 5) is 4.65. The molecule has 0 saturated heterocycles. The van der Waals surface area contributed by atoms with Crippen LogP contribution >= 0.6 is 22.9 Å². The Kier molecular flexibility index (Phi) is 4.07. The Balaban J connectivity index is 1.72. The van der Waals surface area contributed by atoms with Crippen LogP contribution in [0.1, 0.15) is 5.69 Å². The molecule has 0 radical (unpaired) electrons. The van der Waals surface area contributed by atoms with E-state index >= 15 is 0 Å². The van der Waals surface area contributed by atoms with Crippen molar-refractivity contribution in [2.24, 2.45) is 0 Å². The smallest absolute Gasteiger partial charge is 0.146 e. The SMILES string of the molecule is Cc1c(-c2nc(-c3ccccc3Cl)cs2)nnn1-c1ccc(F)cc1. The van der Waals surface area contributed by atoms with Crippen molar-refractivity contribution in [3.05, 3.63) is 70.4 Å². The lowest BCUT2D eigenvalue weighted by Gasteiger charge is -2.02. The van der Waals surface area contributed by atoms with Crippen LogP contribution in [0.15, 0.2) is 53.9 Å². The molecule has 0 aliphatic heterocycles. The minimum absolute atomic E-state index is 0.286. The van der Waals surface area contributed by atoms with Gasteiger partial charge in [0.15, 0.2) is 0 Å². The molecule has 0 N–H and O–H groups in total. The Hall–Kier alpha value is -2.57. The molecule has 2 aromatic carbocycles. The number of halogens is 2. The topological polar surface area (TPSA) is 43.6 Å². The van der Waals surface area contributed by atoms with Gasteiger partial charge in [-0.3, -0.25) is 0 Å². The van der Waals surface area contributed by atoms with Crippen LogP contribution in [0.3, 0.4) is 0 Å². The number of thiazole rings is 1. The molecule has 0 unspecified atom stereocenters. The molecule has 0 saturated carbocycles. The van der Waals surface area contributed by atoms with E-state index < -0.39 is 0 Å². The van der Waals surface area contributed by atoms with Crippen molar-refractivity contribution >= 4 is 22.9 Å². The van der Waals surface area contributed by atoms with Crippen LogP contribution in [0.25, 0.3) is 27.6 Å².